The molecule has 5 heteroatoms. The van der Waals surface area contributed by atoms with Crippen LogP contribution in [0.4, 0.5) is 5.69 Å². The molecular formula is C10H7N3OS. The van der Waals surface area contributed by atoms with Crippen LogP contribution in [0.15, 0.2) is 45.2 Å². The summed E-state index contributed by atoms with van der Waals surface area (Å²) < 4.78 is 5.08. The van der Waals surface area contributed by atoms with Crippen LogP contribution < -0.4 is 5.73 Å². The van der Waals surface area contributed by atoms with Crippen molar-refractivity contribution in [1.29, 1.82) is 5.26 Å². The second kappa shape index (κ2) is 4.07. The van der Waals surface area contributed by atoms with Gasteiger partial charge in [0, 0.05) is 4.90 Å². The summed E-state index contributed by atoms with van der Waals surface area (Å²) in [5.74, 6) is 0. The Kier molecular flexibility index (Phi) is 2.61. The van der Waals surface area contributed by atoms with Crippen molar-refractivity contribution in [3.8, 4) is 6.07 Å². The summed E-state index contributed by atoms with van der Waals surface area (Å²) in [6.45, 7) is 0. The number of para-hydroxylation sites is 1. The highest BCUT2D eigenvalue weighted by molar-refractivity contribution is 7.99. The molecule has 0 aliphatic rings. The van der Waals surface area contributed by atoms with Gasteiger partial charge in [0.2, 0.25) is 0 Å². The maximum Gasteiger partial charge on any atom is 0.260 e. The number of benzene rings is 1. The van der Waals surface area contributed by atoms with E-state index in [0.717, 1.165) is 4.90 Å². The van der Waals surface area contributed by atoms with Gasteiger partial charge < -0.3 is 10.2 Å². The minimum atomic E-state index is 0.461. The van der Waals surface area contributed by atoms with E-state index in [9.17, 15) is 0 Å². The molecule has 1 aromatic carbocycles. The zero-order chi connectivity index (χ0) is 10.7. The standard InChI is InChI=1S/C10H7N3OS/c11-6-7-2-1-3-8(9(7)12)15-10-13-4-5-14-10/h1-5H,12H2. The lowest BCUT2D eigenvalue weighted by Crippen LogP contribution is -1.92. The Hall–Kier alpha value is -1.93. The fraction of sp³-hybridized carbons (Fsp3) is 0. The second-order valence-corrected chi connectivity index (χ2v) is 3.72. The number of nitrogen functional groups attached to an aromatic ring is 1. The van der Waals surface area contributed by atoms with Gasteiger partial charge in [-0.15, -0.1) is 0 Å². The van der Waals surface area contributed by atoms with Crippen LogP contribution in [0.5, 0.6) is 0 Å². The van der Waals surface area contributed by atoms with E-state index < -0.39 is 0 Å². The van der Waals surface area contributed by atoms with E-state index in [1.165, 1.54) is 18.0 Å². The van der Waals surface area contributed by atoms with Gasteiger partial charge in [-0.05, 0) is 23.9 Å². The number of oxazole rings is 1. The van der Waals surface area contributed by atoms with Gasteiger partial charge in [-0.2, -0.15) is 5.26 Å². The third kappa shape index (κ3) is 1.95. The van der Waals surface area contributed by atoms with Crippen molar-refractivity contribution in [3.63, 3.8) is 0 Å². The average molecular weight is 217 g/mol. The van der Waals surface area contributed by atoms with E-state index in [0.29, 0.717) is 16.5 Å². The molecule has 2 N–H and O–H groups in total. The predicted molar refractivity (Wildman–Crippen MR) is 56.2 cm³/mol. The first-order valence-corrected chi connectivity index (χ1v) is 4.99. The number of anilines is 1. The Morgan fingerprint density at radius 1 is 1.47 bits per heavy atom. The molecule has 74 valence electrons. The van der Waals surface area contributed by atoms with E-state index in [1.54, 1.807) is 18.3 Å². The van der Waals surface area contributed by atoms with Crippen molar-refractivity contribution in [1.82, 2.24) is 4.98 Å². The molecule has 0 saturated heterocycles. The van der Waals surface area contributed by atoms with E-state index in [2.05, 4.69) is 4.98 Å². The Morgan fingerprint density at radius 2 is 2.33 bits per heavy atom. The fourth-order valence-corrected chi connectivity index (χ4v) is 1.86. The molecule has 0 aliphatic heterocycles. The highest BCUT2D eigenvalue weighted by atomic mass is 32.2. The zero-order valence-corrected chi connectivity index (χ0v) is 8.49. The van der Waals surface area contributed by atoms with Crippen LogP contribution in [0.1, 0.15) is 5.56 Å². The normalized spacial score (nSPS) is 9.80. The Bertz CT molecular complexity index is 502. The summed E-state index contributed by atoms with van der Waals surface area (Å²) in [5.41, 5.74) is 6.72. The molecule has 0 fully saturated rings. The third-order valence-electron chi connectivity index (χ3n) is 1.79. The number of hydrogen-bond acceptors (Lipinski definition) is 5. The lowest BCUT2D eigenvalue weighted by molar-refractivity contribution is 0.454. The minimum Gasteiger partial charge on any atom is -0.440 e. The van der Waals surface area contributed by atoms with Crippen LogP contribution in [-0.2, 0) is 0 Å². The molecule has 1 heterocycles. The maximum absolute atomic E-state index is 8.79. The summed E-state index contributed by atoms with van der Waals surface area (Å²) in [7, 11) is 0. The van der Waals surface area contributed by atoms with Gasteiger partial charge in [0.1, 0.15) is 12.3 Å². The number of nitriles is 1. The SMILES string of the molecule is N#Cc1cccc(Sc2ncco2)c1N. The van der Waals surface area contributed by atoms with Gasteiger partial charge in [0.25, 0.3) is 5.22 Å². The van der Waals surface area contributed by atoms with Crippen LogP contribution in [0.25, 0.3) is 0 Å². The van der Waals surface area contributed by atoms with E-state index in [-0.39, 0.29) is 0 Å². The van der Waals surface area contributed by atoms with Crippen molar-refractivity contribution in [2.45, 2.75) is 10.1 Å². The number of aromatic nitrogens is 1. The van der Waals surface area contributed by atoms with Gasteiger partial charge in [-0.1, -0.05) is 6.07 Å². The number of nitrogens with zero attached hydrogens (tertiary/aromatic N) is 2. The van der Waals surface area contributed by atoms with Gasteiger partial charge in [-0.3, -0.25) is 0 Å². The monoisotopic (exact) mass is 217 g/mol. The fourth-order valence-electron chi connectivity index (χ4n) is 1.09. The molecule has 15 heavy (non-hydrogen) atoms. The van der Waals surface area contributed by atoms with Crippen molar-refractivity contribution < 1.29 is 4.42 Å². The lowest BCUT2D eigenvalue weighted by Gasteiger charge is -2.03. The highest BCUT2D eigenvalue weighted by Crippen LogP contribution is 2.32. The highest BCUT2D eigenvalue weighted by Gasteiger charge is 2.08. The summed E-state index contributed by atoms with van der Waals surface area (Å²) in [6, 6.07) is 7.30. The van der Waals surface area contributed by atoms with Crippen LogP contribution in [-0.4, -0.2) is 4.98 Å². The van der Waals surface area contributed by atoms with Crippen molar-refractivity contribution in [2.24, 2.45) is 0 Å². The first-order chi connectivity index (χ1) is 7.31. The molecule has 0 unspecified atom stereocenters. The topological polar surface area (TPSA) is 75.8 Å². The molecule has 4 nitrogen and oxygen atoms in total. The smallest absolute Gasteiger partial charge is 0.260 e. The first-order valence-electron chi connectivity index (χ1n) is 4.17. The van der Waals surface area contributed by atoms with E-state index in [4.69, 9.17) is 15.4 Å². The van der Waals surface area contributed by atoms with E-state index >= 15 is 0 Å². The molecule has 0 spiro atoms. The molecule has 2 aromatic rings. The summed E-state index contributed by atoms with van der Waals surface area (Å²) in [4.78, 5) is 4.74. The molecule has 0 amide bonds. The summed E-state index contributed by atoms with van der Waals surface area (Å²) >= 11 is 1.30. The lowest BCUT2D eigenvalue weighted by atomic mass is 10.2. The largest absolute Gasteiger partial charge is 0.440 e. The molecule has 0 bridgehead atoms. The predicted octanol–water partition coefficient (Wildman–Crippen LogP) is 2.28. The summed E-state index contributed by atoms with van der Waals surface area (Å²) in [6.07, 6.45) is 3.05. The minimum absolute atomic E-state index is 0.461. The van der Waals surface area contributed by atoms with Crippen LogP contribution in [0.2, 0.25) is 0 Å². The van der Waals surface area contributed by atoms with E-state index in [1.807, 2.05) is 12.1 Å². The quantitative estimate of drug-likeness (QED) is 0.781. The Labute approximate surface area is 90.7 Å². The van der Waals surface area contributed by atoms with Gasteiger partial charge >= 0.3 is 0 Å². The molecule has 0 atom stereocenters. The molecule has 0 radical (unpaired) electrons. The molecule has 0 saturated carbocycles. The average Bonchev–Trinajstić information content (AvgIpc) is 2.74. The Morgan fingerprint density at radius 3 is 3.00 bits per heavy atom. The number of rotatable bonds is 2. The first kappa shape index (κ1) is 9.62. The molecule has 0 aliphatic carbocycles. The molecular weight excluding hydrogens is 210 g/mol. The van der Waals surface area contributed by atoms with Gasteiger partial charge in [-0.25, -0.2) is 4.98 Å². The summed E-state index contributed by atoms with van der Waals surface area (Å²) in [5, 5.41) is 9.30. The number of hydrogen-bond donors (Lipinski definition) is 1. The van der Waals surface area contributed by atoms with Crippen LogP contribution in [0.3, 0.4) is 0 Å². The molecule has 2 rings (SSSR count). The van der Waals surface area contributed by atoms with Gasteiger partial charge in [0.05, 0.1) is 17.4 Å². The Balaban J connectivity index is 2.34. The van der Waals surface area contributed by atoms with Crippen LogP contribution in [0, 0.1) is 11.3 Å². The van der Waals surface area contributed by atoms with Crippen molar-refractivity contribution >= 4 is 17.4 Å². The molecule has 1 aromatic heterocycles. The second-order valence-electron chi connectivity index (χ2n) is 2.73. The number of nitrogens with two attached hydrogens (primary N) is 1. The third-order valence-corrected chi connectivity index (χ3v) is 2.75. The zero-order valence-electron chi connectivity index (χ0n) is 7.68. The van der Waals surface area contributed by atoms with Crippen molar-refractivity contribution in [2.75, 3.05) is 5.73 Å². The maximum atomic E-state index is 8.79. The van der Waals surface area contributed by atoms with Crippen LogP contribution >= 0.6 is 11.8 Å². The van der Waals surface area contributed by atoms with Crippen molar-refractivity contribution in [3.05, 3.63) is 36.2 Å². The van der Waals surface area contributed by atoms with Gasteiger partial charge in [0.15, 0.2) is 0 Å².